The zero-order valence-corrected chi connectivity index (χ0v) is 21.3. The Labute approximate surface area is 221 Å². The van der Waals surface area contributed by atoms with Crippen molar-refractivity contribution in [2.45, 2.75) is 13.0 Å². The average Bonchev–Trinajstić information content (AvgIpc) is 3.41. The Morgan fingerprint density at radius 2 is 1.81 bits per heavy atom. The molecule has 0 saturated carbocycles. The van der Waals surface area contributed by atoms with Gasteiger partial charge >= 0.3 is 0 Å². The van der Waals surface area contributed by atoms with E-state index in [2.05, 4.69) is 4.98 Å². The summed E-state index contributed by atoms with van der Waals surface area (Å²) >= 11 is 7.46. The van der Waals surface area contributed by atoms with Crippen LogP contribution in [-0.4, -0.2) is 28.9 Å². The van der Waals surface area contributed by atoms with Crippen molar-refractivity contribution in [2.75, 3.05) is 12.0 Å². The average molecular weight is 535 g/mol. The third-order valence-corrected chi connectivity index (χ3v) is 7.59. The van der Waals surface area contributed by atoms with Gasteiger partial charge in [0.15, 0.2) is 5.76 Å². The van der Waals surface area contributed by atoms with E-state index in [1.165, 1.54) is 36.3 Å². The van der Waals surface area contributed by atoms with Crippen molar-refractivity contribution in [3.05, 3.63) is 111 Å². The Balaban J connectivity index is 1.65. The Kier molecular flexibility index (Phi) is 6.54. The monoisotopic (exact) mass is 534 g/mol. The number of rotatable bonds is 6. The Bertz CT molecular complexity index is 1570. The molecule has 1 unspecified atom stereocenters. The summed E-state index contributed by atoms with van der Waals surface area (Å²) in [5.74, 6) is -2.45. The topological polar surface area (TPSA) is 79.7 Å². The lowest BCUT2D eigenvalue weighted by atomic mass is 9.94. The number of hydrogen-bond acceptors (Lipinski definition) is 6. The van der Waals surface area contributed by atoms with Gasteiger partial charge in [0.2, 0.25) is 5.78 Å². The molecular weight excluding hydrogens is 515 g/mol. The first-order chi connectivity index (χ1) is 17.8. The fourth-order valence-corrected chi connectivity index (χ4v) is 5.61. The molecule has 1 amide bonds. The molecule has 0 aliphatic carbocycles. The molecule has 1 aliphatic rings. The fraction of sp³-hybridized carbons (Fsp3) is 0.107. The lowest BCUT2D eigenvalue weighted by Gasteiger charge is -2.27. The minimum Gasteiger partial charge on any atom is -0.503 e. The molecule has 2 heterocycles. The molecule has 0 spiro atoms. The van der Waals surface area contributed by atoms with Crippen LogP contribution >= 0.6 is 22.9 Å². The van der Waals surface area contributed by atoms with Crippen LogP contribution in [0, 0.1) is 12.7 Å². The van der Waals surface area contributed by atoms with Gasteiger partial charge in [-0.2, -0.15) is 0 Å². The number of ketones is 1. The minimum absolute atomic E-state index is 0.0561. The van der Waals surface area contributed by atoms with Crippen molar-refractivity contribution in [3.63, 3.8) is 0 Å². The summed E-state index contributed by atoms with van der Waals surface area (Å²) in [5.41, 5.74) is 1.37. The Morgan fingerprint density at radius 3 is 2.49 bits per heavy atom. The number of aryl methyl sites for hydroxylation is 1. The summed E-state index contributed by atoms with van der Waals surface area (Å²) in [6, 6.07) is 18.5. The zero-order chi connectivity index (χ0) is 26.3. The first-order valence-electron chi connectivity index (χ1n) is 11.2. The summed E-state index contributed by atoms with van der Waals surface area (Å²) in [6.07, 6.45) is 0. The number of aliphatic hydroxyl groups excluding tert-OH is 1. The number of ether oxygens (including phenoxy) is 1. The highest BCUT2D eigenvalue weighted by Gasteiger charge is 2.46. The second-order valence-electron chi connectivity index (χ2n) is 8.31. The van der Waals surface area contributed by atoms with Crippen molar-refractivity contribution in [3.8, 4) is 16.3 Å². The van der Waals surface area contributed by atoms with E-state index in [9.17, 15) is 14.7 Å². The van der Waals surface area contributed by atoms with E-state index < -0.39 is 29.3 Å². The largest absolute Gasteiger partial charge is 0.503 e. The molecule has 1 aliphatic heterocycles. The Morgan fingerprint density at radius 1 is 1.11 bits per heavy atom. The van der Waals surface area contributed by atoms with Crippen LogP contribution in [0.5, 0.6) is 5.75 Å². The van der Waals surface area contributed by atoms with Gasteiger partial charge in [0.25, 0.3) is 5.91 Å². The predicted octanol–water partition coefficient (Wildman–Crippen LogP) is 6.70. The summed E-state index contributed by atoms with van der Waals surface area (Å²) in [5, 5.41) is 11.8. The van der Waals surface area contributed by atoms with Gasteiger partial charge in [0.1, 0.15) is 16.6 Å². The van der Waals surface area contributed by atoms with Gasteiger partial charge in [0, 0.05) is 16.8 Å². The smallest absolute Gasteiger partial charge is 0.294 e. The summed E-state index contributed by atoms with van der Waals surface area (Å²) in [7, 11) is 1.45. The molecule has 9 heteroatoms. The van der Waals surface area contributed by atoms with Gasteiger partial charge in [-0.05, 0) is 31.2 Å². The number of carbonyl (C=O) groups excluding carboxylic acids is 2. The minimum atomic E-state index is -1.23. The Hall–Kier alpha value is -4.01. The van der Waals surface area contributed by atoms with Gasteiger partial charge in [-0.15, -0.1) is 11.3 Å². The number of amides is 1. The maximum absolute atomic E-state index is 15.1. The van der Waals surface area contributed by atoms with Gasteiger partial charge in [-0.3, -0.25) is 14.5 Å². The van der Waals surface area contributed by atoms with E-state index in [-0.39, 0.29) is 26.7 Å². The maximum Gasteiger partial charge on any atom is 0.294 e. The van der Waals surface area contributed by atoms with Gasteiger partial charge < -0.3 is 9.84 Å². The molecule has 186 valence electrons. The van der Waals surface area contributed by atoms with Crippen LogP contribution < -0.4 is 9.64 Å². The van der Waals surface area contributed by atoms with E-state index in [1.807, 2.05) is 30.3 Å². The highest BCUT2D eigenvalue weighted by molar-refractivity contribution is 7.17. The SMILES string of the molecule is COc1ccc(N2C(=O)C(O)=C(C(=O)c3sc(-c4ccccc4)nc3C)C2c2ccccc2F)cc1Cl. The number of hydrogen-bond donors (Lipinski definition) is 1. The van der Waals surface area contributed by atoms with E-state index in [4.69, 9.17) is 16.3 Å². The molecule has 0 fully saturated rings. The normalized spacial score (nSPS) is 15.4. The third-order valence-electron chi connectivity index (χ3n) is 6.09. The van der Waals surface area contributed by atoms with Crippen molar-refractivity contribution < 1.29 is 23.8 Å². The van der Waals surface area contributed by atoms with Crippen LogP contribution in [0.2, 0.25) is 5.02 Å². The van der Waals surface area contributed by atoms with E-state index in [0.717, 1.165) is 16.9 Å². The van der Waals surface area contributed by atoms with Gasteiger partial charge in [-0.25, -0.2) is 9.37 Å². The van der Waals surface area contributed by atoms with Gasteiger partial charge in [-0.1, -0.05) is 60.1 Å². The van der Waals surface area contributed by atoms with Crippen LogP contribution in [0.25, 0.3) is 10.6 Å². The molecule has 1 aromatic heterocycles. The van der Waals surface area contributed by atoms with Crippen molar-refractivity contribution in [1.29, 1.82) is 0 Å². The third kappa shape index (κ3) is 4.28. The molecule has 0 saturated heterocycles. The van der Waals surface area contributed by atoms with E-state index in [0.29, 0.717) is 16.5 Å². The lowest BCUT2D eigenvalue weighted by Crippen LogP contribution is -2.31. The van der Waals surface area contributed by atoms with Crippen LogP contribution in [0.4, 0.5) is 10.1 Å². The number of Topliss-reactive ketones (excluding diaryl/α,β-unsaturated/α-hetero) is 1. The van der Waals surface area contributed by atoms with Gasteiger partial charge in [0.05, 0.1) is 34.3 Å². The molecule has 6 nitrogen and oxygen atoms in total. The van der Waals surface area contributed by atoms with Crippen molar-refractivity contribution >= 4 is 40.3 Å². The number of thiazole rings is 1. The molecule has 37 heavy (non-hydrogen) atoms. The van der Waals surface area contributed by atoms with Crippen molar-refractivity contribution in [2.24, 2.45) is 0 Å². The molecule has 1 N–H and O–H groups in total. The fourth-order valence-electron chi connectivity index (χ4n) is 4.33. The van der Waals surface area contributed by atoms with Crippen LogP contribution in [0.1, 0.15) is 27.0 Å². The number of aromatic nitrogens is 1. The lowest BCUT2D eigenvalue weighted by molar-refractivity contribution is -0.117. The summed E-state index contributed by atoms with van der Waals surface area (Å²) in [4.78, 5) is 33.2. The number of carbonyl (C=O) groups is 2. The summed E-state index contributed by atoms with van der Waals surface area (Å²) in [6.45, 7) is 1.68. The molecule has 4 aromatic rings. The number of aliphatic hydroxyl groups is 1. The van der Waals surface area contributed by atoms with Crippen molar-refractivity contribution in [1.82, 2.24) is 4.98 Å². The molecule has 3 aromatic carbocycles. The molecule has 1 atom stereocenters. The highest BCUT2D eigenvalue weighted by Crippen LogP contribution is 2.45. The van der Waals surface area contributed by atoms with Crippen LogP contribution in [-0.2, 0) is 4.79 Å². The number of methoxy groups -OCH3 is 1. The first kappa shape index (κ1) is 24.7. The molecule has 0 bridgehead atoms. The molecular formula is C28H20ClFN2O4S. The quantitative estimate of drug-likeness (QED) is 0.278. The van der Waals surface area contributed by atoms with E-state index >= 15 is 4.39 Å². The highest BCUT2D eigenvalue weighted by atomic mass is 35.5. The zero-order valence-electron chi connectivity index (χ0n) is 19.7. The number of nitrogens with zero attached hydrogens (tertiary/aromatic N) is 2. The number of halogens is 2. The molecule has 5 rings (SSSR count). The predicted molar refractivity (Wildman–Crippen MR) is 141 cm³/mol. The van der Waals surface area contributed by atoms with E-state index in [1.54, 1.807) is 25.1 Å². The van der Waals surface area contributed by atoms with Crippen LogP contribution in [0.3, 0.4) is 0 Å². The first-order valence-corrected chi connectivity index (χ1v) is 12.4. The molecule has 0 radical (unpaired) electrons. The standard InChI is InChI=1S/C28H20ClFN2O4S/c1-15-26(37-27(31-15)16-8-4-3-5-9-16)24(33)22-23(18-10-6-7-11-20(18)30)32(28(35)25(22)34)17-12-13-21(36-2)19(29)14-17/h3-14,23,34H,1-2H3. The maximum atomic E-state index is 15.1. The number of benzene rings is 3. The summed E-state index contributed by atoms with van der Waals surface area (Å²) < 4.78 is 20.3. The number of anilines is 1. The second-order valence-corrected chi connectivity index (χ2v) is 9.72. The van der Waals surface area contributed by atoms with Crippen LogP contribution in [0.15, 0.2) is 84.1 Å². The second kappa shape index (κ2) is 9.80.